The van der Waals surface area contributed by atoms with Crippen LogP contribution in [0, 0.1) is 0 Å². The predicted octanol–water partition coefficient (Wildman–Crippen LogP) is -0.917. The summed E-state index contributed by atoms with van der Waals surface area (Å²) in [5, 5.41) is 0.739. The molecule has 0 saturated heterocycles. The predicted molar refractivity (Wildman–Crippen MR) is 44.6 cm³/mol. The van der Waals surface area contributed by atoms with Gasteiger partial charge in [0.2, 0.25) is 5.52 Å². The molecule has 0 aliphatic carbocycles. The van der Waals surface area contributed by atoms with Crippen LogP contribution in [-0.4, -0.2) is 0 Å². The van der Waals surface area contributed by atoms with Gasteiger partial charge in [-0.25, -0.2) is 0 Å². The van der Waals surface area contributed by atoms with E-state index in [2.05, 4.69) is 0 Å². The summed E-state index contributed by atoms with van der Waals surface area (Å²) in [4.78, 5) is 0. The van der Waals surface area contributed by atoms with E-state index in [1.54, 1.807) is 0 Å². The molecule has 0 radical (unpaired) electrons. The zero-order chi connectivity index (χ0) is 7.68. The minimum atomic E-state index is 0. The summed E-state index contributed by atoms with van der Waals surface area (Å²) in [6.07, 6.45) is 1.94. The maximum atomic E-state index is 5.92. The number of fused-ring (bicyclic) bond motifs is 1. The molecule has 0 amide bonds. The van der Waals surface area contributed by atoms with Crippen LogP contribution >= 0.6 is 11.6 Å². The van der Waals surface area contributed by atoms with E-state index < -0.39 is 0 Å². The van der Waals surface area contributed by atoms with Gasteiger partial charge in [-0.05, 0) is 23.7 Å². The molecule has 12 heavy (non-hydrogen) atoms. The molecule has 62 valence electrons. The number of hydrogen-bond donors (Lipinski definition) is 0. The van der Waals surface area contributed by atoms with Gasteiger partial charge in [0, 0.05) is 24.3 Å². The summed E-state index contributed by atoms with van der Waals surface area (Å²) in [6, 6.07) is 11.8. The van der Waals surface area contributed by atoms with E-state index in [1.165, 1.54) is 0 Å². The summed E-state index contributed by atoms with van der Waals surface area (Å²) in [6.45, 7) is 0. The second kappa shape index (κ2) is 4.05. The van der Waals surface area contributed by atoms with Crippen LogP contribution in [0.15, 0.2) is 42.6 Å². The van der Waals surface area contributed by atoms with Gasteiger partial charge in [-0.15, -0.1) is 0 Å². The van der Waals surface area contributed by atoms with E-state index in [0.29, 0.717) is 0 Å². The van der Waals surface area contributed by atoms with E-state index in [4.69, 9.17) is 11.6 Å². The first-order valence-corrected chi connectivity index (χ1v) is 3.81. The van der Waals surface area contributed by atoms with Crippen molar-refractivity contribution in [1.82, 2.24) is 0 Å². The minimum absolute atomic E-state index is 0. The summed E-state index contributed by atoms with van der Waals surface area (Å²) in [7, 11) is 0. The molecule has 0 bridgehead atoms. The lowest BCUT2D eigenvalue weighted by molar-refractivity contribution is -0.509. The molecular formula is C9H7ClIN. The highest BCUT2D eigenvalue weighted by Crippen LogP contribution is 2.03. The topological polar surface area (TPSA) is 4.10 Å². The number of halogens is 2. The van der Waals surface area contributed by atoms with E-state index in [-0.39, 0.29) is 24.0 Å². The third-order valence-electron chi connectivity index (χ3n) is 1.62. The fourth-order valence-electron chi connectivity index (χ4n) is 1.09. The molecule has 2 rings (SSSR count). The smallest absolute Gasteiger partial charge is 0.280 e. The van der Waals surface area contributed by atoms with Gasteiger partial charge in [-0.2, -0.15) is 4.40 Å². The van der Waals surface area contributed by atoms with E-state index >= 15 is 0 Å². The van der Waals surface area contributed by atoms with Crippen LogP contribution in [-0.2, 0) is 0 Å². The van der Waals surface area contributed by atoms with Crippen LogP contribution in [0.4, 0.5) is 0 Å². The van der Waals surface area contributed by atoms with Gasteiger partial charge in [0.25, 0.3) is 5.15 Å². The van der Waals surface area contributed by atoms with Crippen molar-refractivity contribution in [3.8, 4) is 0 Å². The quantitative estimate of drug-likeness (QED) is 0.336. The van der Waals surface area contributed by atoms with Crippen molar-refractivity contribution in [3.05, 3.63) is 47.7 Å². The van der Waals surface area contributed by atoms with Crippen molar-refractivity contribution in [2.75, 3.05) is 0 Å². The number of pyridine rings is 2. The highest BCUT2D eigenvalue weighted by Gasteiger charge is 2.03. The molecule has 0 fully saturated rings. The number of rotatable bonds is 0. The average molecular weight is 292 g/mol. The third kappa shape index (κ3) is 1.69. The lowest BCUT2D eigenvalue weighted by atomic mass is 10.3. The molecule has 0 aliphatic rings. The van der Waals surface area contributed by atoms with E-state index in [9.17, 15) is 0 Å². The Balaban J connectivity index is 0.000000720. The van der Waals surface area contributed by atoms with E-state index in [1.807, 2.05) is 47.0 Å². The van der Waals surface area contributed by atoms with Crippen LogP contribution < -0.4 is 28.4 Å². The lowest BCUT2D eigenvalue weighted by Crippen LogP contribution is -3.00. The molecule has 0 N–H and O–H groups in total. The maximum Gasteiger partial charge on any atom is 0.280 e. The minimum Gasteiger partial charge on any atom is -1.00 e. The Morgan fingerprint density at radius 1 is 1.00 bits per heavy atom. The molecule has 0 aromatic carbocycles. The van der Waals surface area contributed by atoms with Crippen molar-refractivity contribution < 1.29 is 28.4 Å². The Morgan fingerprint density at radius 3 is 2.50 bits per heavy atom. The molecule has 1 nitrogen and oxygen atoms in total. The summed E-state index contributed by atoms with van der Waals surface area (Å²) >= 11 is 5.92. The Kier molecular flexibility index (Phi) is 3.29. The molecule has 2 aromatic rings. The Morgan fingerprint density at radius 2 is 1.75 bits per heavy atom. The Bertz CT molecular complexity index is 384. The van der Waals surface area contributed by atoms with Crippen LogP contribution in [0.5, 0.6) is 0 Å². The van der Waals surface area contributed by atoms with Crippen LogP contribution in [0.2, 0.25) is 5.15 Å². The molecule has 3 heteroatoms. The van der Waals surface area contributed by atoms with Crippen LogP contribution in [0.3, 0.4) is 0 Å². The van der Waals surface area contributed by atoms with Crippen molar-refractivity contribution in [2.45, 2.75) is 0 Å². The molecule has 0 saturated carbocycles. The Labute approximate surface area is 93.0 Å². The summed E-state index contributed by atoms with van der Waals surface area (Å²) in [5.74, 6) is 0. The summed E-state index contributed by atoms with van der Waals surface area (Å²) < 4.78 is 1.93. The second-order valence-corrected chi connectivity index (χ2v) is 2.73. The maximum absolute atomic E-state index is 5.92. The van der Waals surface area contributed by atoms with Gasteiger partial charge in [0.05, 0.1) is 0 Å². The second-order valence-electron chi connectivity index (χ2n) is 2.34. The van der Waals surface area contributed by atoms with Gasteiger partial charge in [-0.1, -0.05) is 0 Å². The fourth-order valence-corrected chi connectivity index (χ4v) is 1.32. The average Bonchev–Trinajstić information content (AvgIpc) is 2.06. The van der Waals surface area contributed by atoms with Gasteiger partial charge < -0.3 is 24.0 Å². The van der Waals surface area contributed by atoms with Gasteiger partial charge >= 0.3 is 0 Å². The van der Waals surface area contributed by atoms with Crippen molar-refractivity contribution in [1.29, 1.82) is 0 Å². The Hall–Kier alpha value is -0.350. The van der Waals surface area contributed by atoms with Gasteiger partial charge in [-0.3, -0.25) is 0 Å². The largest absolute Gasteiger partial charge is 1.00 e. The SMILES string of the molecule is Clc1cccc2cccc[n+]12.[I-]. The first-order valence-electron chi connectivity index (χ1n) is 3.43. The zero-order valence-corrected chi connectivity index (χ0v) is 9.16. The molecule has 0 unspecified atom stereocenters. The third-order valence-corrected chi connectivity index (χ3v) is 1.93. The molecule has 2 aromatic heterocycles. The lowest BCUT2D eigenvalue weighted by Gasteiger charge is -1.89. The van der Waals surface area contributed by atoms with E-state index in [0.717, 1.165) is 10.7 Å². The number of hydrogen-bond acceptors (Lipinski definition) is 0. The van der Waals surface area contributed by atoms with Crippen LogP contribution in [0.1, 0.15) is 0 Å². The van der Waals surface area contributed by atoms with Crippen LogP contribution in [0.25, 0.3) is 5.52 Å². The first kappa shape index (κ1) is 9.74. The van der Waals surface area contributed by atoms with Crippen molar-refractivity contribution in [3.63, 3.8) is 0 Å². The molecule has 0 aliphatic heterocycles. The molecule has 2 heterocycles. The van der Waals surface area contributed by atoms with Gasteiger partial charge in [0.1, 0.15) is 0 Å². The van der Waals surface area contributed by atoms with Gasteiger partial charge in [0.15, 0.2) is 6.20 Å². The zero-order valence-electron chi connectivity index (χ0n) is 6.24. The number of aromatic nitrogens is 1. The van der Waals surface area contributed by atoms with Crippen molar-refractivity contribution in [2.24, 2.45) is 0 Å². The number of nitrogens with zero attached hydrogens (tertiary/aromatic N) is 1. The highest BCUT2D eigenvalue weighted by atomic mass is 127. The summed E-state index contributed by atoms with van der Waals surface area (Å²) in [5.41, 5.74) is 1.11. The van der Waals surface area contributed by atoms with Crippen molar-refractivity contribution >= 4 is 17.1 Å². The monoisotopic (exact) mass is 291 g/mol. The first-order chi connectivity index (χ1) is 5.38. The normalized spacial score (nSPS) is 9.42. The fraction of sp³-hybridized carbons (Fsp3) is 0. The molecule has 0 spiro atoms. The standard InChI is InChI=1S/C9H7ClN.HI/c10-9-6-3-5-8-4-1-2-7-11(8)9;/h1-7H;1H/q+1;/p-1. The molecular weight excluding hydrogens is 284 g/mol. The molecule has 0 atom stereocenters. The highest BCUT2D eigenvalue weighted by molar-refractivity contribution is 6.28.